The fourth-order valence-electron chi connectivity index (χ4n) is 2.82. The topological polar surface area (TPSA) is 47.6 Å². The zero-order valence-corrected chi connectivity index (χ0v) is 14.2. The van der Waals surface area contributed by atoms with Gasteiger partial charge in [-0.05, 0) is 38.0 Å². The Hall–Kier alpha value is -1.26. The molecule has 0 aliphatic heterocycles. The van der Waals surface area contributed by atoms with E-state index in [1.54, 1.807) is 19.2 Å². The van der Waals surface area contributed by atoms with Crippen LogP contribution >= 0.6 is 11.6 Å². The van der Waals surface area contributed by atoms with Crippen LogP contribution in [0.4, 0.5) is 5.69 Å². The Kier molecular flexibility index (Phi) is 5.70. The lowest BCUT2D eigenvalue weighted by Crippen LogP contribution is -2.30. The molecule has 1 amide bonds. The van der Waals surface area contributed by atoms with Gasteiger partial charge in [-0.25, -0.2) is 0 Å². The molecule has 1 aromatic carbocycles. The number of carbonyl (C=O) groups is 1. The predicted molar refractivity (Wildman–Crippen MR) is 88.6 cm³/mol. The molecule has 22 heavy (non-hydrogen) atoms. The quantitative estimate of drug-likeness (QED) is 0.849. The number of carbonyl (C=O) groups excluding carboxylic acids is 1. The average molecular weight is 326 g/mol. The highest BCUT2D eigenvalue weighted by Gasteiger charge is 2.36. The Labute approximate surface area is 137 Å². The van der Waals surface area contributed by atoms with Gasteiger partial charge in [0, 0.05) is 18.2 Å². The summed E-state index contributed by atoms with van der Waals surface area (Å²) in [6.07, 6.45) is 4.05. The molecular weight excluding hydrogens is 302 g/mol. The van der Waals surface area contributed by atoms with Crippen LogP contribution in [-0.2, 0) is 9.53 Å². The van der Waals surface area contributed by atoms with Crippen LogP contribution in [0.3, 0.4) is 0 Å². The van der Waals surface area contributed by atoms with Gasteiger partial charge in [-0.1, -0.05) is 31.4 Å². The van der Waals surface area contributed by atoms with Crippen LogP contribution in [0.1, 0.15) is 39.5 Å². The summed E-state index contributed by atoms with van der Waals surface area (Å²) in [4.78, 5) is 12.4. The molecular formula is C17H24ClNO3. The average Bonchev–Trinajstić information content (AvgIpc) is 2.90. The second kappa shape index (κ2) is 7.34. The van der Waals surface area contributed by atoms with Crippen molar-refractivity contribution in [3.8, 4) is 5.75 Å². The van der Waals surface area contributed by atoms with Gasteiger partial charge in [0.05, 0.1) is 11.6 Å². The first-order valence-electron chi connectivity index (χ1n) is 7.71. The minimum atomic E-state index is -0.255. The zero-order chi connectivity index (χ0) is 16.2. The molecule has 1 saturated carbocycles. The Morgan fingerprint density at radius 1 is 1.41 bits per heavy atom. The summed E-state index contributed by atoms with van der Waals surface area (Å²) in [5.74, 6) is 0.666. The van der Waals surface area contributed by atoms with E-state index in [0.29, 0.717) is 23.1 Å². The number of anilines is 1. The van der Waals surface area contributed by atoms with Crippen molar-refractivity contribution in [1.82, 2.24) is 0 Å². The first-order valence-corrected chi connectivity index (χ1v) is 8.09. The van der Waals surface area contributed by atoms with Crippen LogP contribution < -0.4 is 10.1 Å². The van der Waals surface area contributed by atoms with Crippen molar-refractivity contribution in [2.75, 3.05) is 19.0 Å². The van der Waals surface area contributed by atoms with E-state index in [1.165, 1.54) is 0 Å². The zero-order valence-electron chi connectivity index (χ0n) is 13.4. The molecule has 2 rings (SSSR count). The van der Waals surface area contributed by atoms with E-state index in [0.717, 1.165) is 25.7 Å². The molecule has 1 aromatic rings. The van der Waals surface area contributed by atoms with Gasteiger partial charge in [0.2, 0.25) is 5.91 Å². The number of benzene rings is 1. The molecule has 1 N–H and O–H groups in total. The fraction of sp³-hybridized carbons (Fsp3) is 0.588. The van der Waals surface area contributed by atoms with Gasteiger partial charge in [-0.15, -0.1) is 0 Å². The summed E-state index contributed by atoms with van der Waals surface area (Å²) in [5.41, 5.74) is 0.448. The van der Waals surface area contributed by atoms with Crippen molar-refractivity contribution in [3.63, 3.8) is 0 Å². The number of nitrogens with one attached hydrogen (secondary N) is 1. The summed E-state index contributed by atoms with van der Waals surface area (Å²) in [5, 5.41) is 3.45. The van der Waals surface area contributed by atoms with Gasteiger partial charge in [0.1, 0.15) is 11.9 Å². The SMILES string of the molecule is COC[C@H](C)Oc1ccc(NC(=O)C2(C)CCCC2)cc1Cl. The second-order valence-electron chi connectivity index (χ2n) is 6.25. The molecule has 0 spiro atoms. The summed E-state index contributed by atoms with van der Waals surface area (Å²) < 4.78 is 10.7. The molecule has 1 fully saturated rings. The normalized spacial score (nSPS) is 18.0. The molecule has 122 valence electrons. The Bertz CT molecular complexity index is 527. The van der Waals surface area contributed by atoms with Crippen LogP contribution in [0.2, 0.25) is 5.02 Å². The first-order chi connectivity index (χ1) is 10.4. The minimum Gasteiger partial charge on any atom is -0.487 e. The van der Waals surface area contributed by atoms with Gasteiger partial charge in [-0.2, -0.15) is 0 Å². The molecule has 1 aliphatic carbocycles. The third-order valence-corrected chi connectivity index (χ3v) is 4.47. The highest BCUT2D eigenvalue weighted by Crippen LogP contribution is 2.39. The highest BCUT2D eigenvalue weighted by atomic mass is 35.5. The number of hydrogen-bond acceptors (Lipinski definition) is 3. The lowest BCUT2D eigenvalue weighted by molar-refractivity contribution is -0.124. The van der Waals surface area contributed by atoms with Gasteiger partial charge in [0.15, 0.2) is 0 Å². The Morgan fingerprint density at radius 3 is 2.68 bits per heavy atom. The van der Waals surface area contributed by atoms with E-state index in [1.807, 2.05) is 19.9 Å². The van der Waals surface area contributed by atoms with E-state index in [9.17, 15) is 4.79 Å². The van der Waals surface area contributed by atoms with Gasteiger partial charge < -0.3 is 14.8 Å². The van der Waals surface area contributed by atoms with Crippen LogP contribution in [0.5, 0.6) is 5.75 Å². The maximum absolute atomic E-state index is 12.4. The summed E-state index contributed by atoms with van der Waals surface area (Å²) in [6.45, 7) is 4.43. The first kappa shape index (κ1) is 17.1. The van der Waals surface area contributed by atoms with Crippen molar-refractivity contribution >= 4 is 23.2 Å². The molecule has 0 radical (unpaired) electrons. The number of ether oxygens (including phenoxy) is 2. The van der Waals surface area contributed by atoms with E-state index >= 15 is 0 Å². The number of amides is 1. The third-order valence-electron chi connectivity index (χ3n) is 4.17. The predicted octanol–water partition coefficient (Wildman–Crippen LogP) is 4.27. The standard InChI is InChI=1S/C17H24ClNO3/c1-12(11-21-3)22-15-7-6-13(10-14(15)18)19-16(20)17(2)8-4-5-9-17/h6-7,10,12H,4-5,8-9,11H2,1-3H3,(H,19,20)/t12-/m0/s1. The second-order valence-corrected chi connectivity index (χ2v) is 6.66. The molecule has 0 heterocycles. The third kappa shape index (κ3) is 4.14. The Morgan fingerprint density at radius 2 is 2.09 bits per heavy atom. The van der Waals surface area contributed by atoms with E-state index in [2.05, 4.69) is 5.32 Å². The minimum absolute atomic E-state index is 0.0717. The lowest BCUT2D eigenvalue weighted by atomic mass is 9.88. The van der Waals surface area contributed by atoms with Crippen molar-refractivity contribution in [1.29, 1.82) is 0 Å². The molecule has 0 aromatic heterocycles. The molecule has 1 aliphatic rings. The molecule has 4 nitrogen and oxygen atoms in total. The molecule has 0 saturated heterocycles. The fourth-order valence-corrected chi connectivity index (χ4v) is 3.05. The van der Waals surface area contributed by atoms with Crippen LogP contribution in [0.25, 0.3) is 0 Å². The van der Waals surface area contributed by atoms with Crippen molar-refractivity contribution < 1.29 is 14.3 Å². The molecule has 0 bridgehead atoms. The maximum Gasteiger partial charge on any atom is 0.230 e. The summed E-state index contributed by atoms with van der Waals surface area (Å²) >= 11 is 6.23. The number of hydrogen-bond donors (Lipinski definition) is 1. The van der Waals surface area contributed by atoms with Crippen LogP contribution in [0.15, 0.2) is 18.2 Å². The molecule has 1 atom stereocenters. The number of halogens is 1. The van der Waals surface area contributed by atoms with Crippen molar-refractivity contribution in [3.05, 3.63) is 23.2 Å². The van der Waals surface area contributed by atoms with Gasteiger partial charge >= 0.3 is 0 Å². The Balaban J connectivity index is 2.01. The maximum atomic E-state index is 12.4. The molecule has 0 unspecified atom stereocenters. The van der Waals surface area contributed by atoms with Crippen molar-refractivity contribution in [2.24, 2.45) is 5.41 Å². The number of rotatable bonds is 6. The number of methoxy groups -OCH3 is 1. The monoisotopic (exact) mass is 325 g/mol. The van der Waals surface area contributed by atoms with E-state index in [-0.39, 0.29) is 17.4 Å². The largest absolute Gasteiger partial charge is 0.487 e. The lowest BCUT2D eigenvalue weighted by Gasteiger charge is -2.22. The van der Waals surface area contributed by atoms with Crippen LogP contribution in [-0.4, -0.2) is 25.7 Å². The summed E-state index contributed by atoms with van der Waals surface area (Å²) in [6, 6.07) is 5.32. The van der Waals surface area contributed by atoms with E-state index in [4.69, 9.17) is 21.1 Å². The van der Waals surface area contributed by atoms with Crippen molar-refractivity contribution in [2.45, 2.75) is 45.6 Å². The van der Waals surface area contributed by atoms with Gasteiger partial charge in [-0.3, -0.25) is 4.79 Å². The van der Waals surface area contributed by atoms with E-state index < -0.39 is 0 Å². The highest BCUT2D eigenvalue weighted by molar-refractivity contribution is 6.32. The van der Waals surface area contributed by atoms with Crippen LogP contribution in [0, 0.1) is 5.41 Å². The summed E-state index contributed by atoms with van der Waals surface area (Å²) in [7, 11) is 1.63. The smallest absolute Gasteiger partial charge is 0.230 e. The van der Waals surface area contributed by atoms with Gasteiger partial charge in [0.25, 0.3) is 0 Å². The molecule has 5 heteroatoms.